The van der Waals surface area contributed by atoms with Crippen LogP contribution in [0.25, 0.3) is 6.08 Å². The number of alkyl halides is 4. The first-order chi connectivity index (χ1) is 13.8. The molecular weight excluding hydrogens is 396 g/mol. The second kappa shape index (κ2) is 11.0. The molecule has 1 aromatic carbocycles. The van der Waals surface area contributed by atoms with Crippen molar-refractivity contribution in [2.75, 3.05) is 26.3 Å². The summed E-state index contributed by atoms with van der Waals surface area (Å²) in [6, 6.07) is 3.26. The Morgan fingerprint density at radius 1 is 1.14 bits per heavy atom. The number of benzene rings is 1. The molecule has 1 aliphatic rings. The predicted octanol–water partition coefficient (Wildman–Crippen LogP) is 3.13. The summed E-state index contributed by atoms with van der Waals surface area (Å²) in [5.74, 6) is -1.13. The van der Waals surface area contributed by atoms with Crippen molar-refractivity contribution in [1.82, 2.24) is 10.2 Å². The van der Waals surface area contributed by atoms with E-state index in [1.54, 1.807) is 0 Å². The van der Waals surface area contributed by atoms with E-state index in [2.05, 4.69) is 19.7 Å². The highest BCUT2D eigenvalue weighted by Crippen LogP contribution is 2.28. The van der Waals surface area contributed by atoms with Gasteiger partial charge >= 0.3 is 13.2 Å². The van der Waals surface area contributed by atoms with Crippen molar-refractivity contribution in [1.29, 1.82) is 0 Å². The number of carbonyl (C=O) groups is 1. The number of hydrogen-bond acceptors (Lipinski definition) is 5. The summed E-state index contributed by atoms with van der Waals surface area (Å²) in [6.45, 7) is 0.441. The van der Waals surface area contributed by atoms with E-state index in [4.69, 9.17) is 4.74 Å². The number of amides is 1. The molecule has 1 amide bonds. The average molecular weight is 420 g/mol. The van der Waals surface area contributed by atoms with Crippen molar-refractivity contribution in [3.8, 4) is 11.5 Å². The number of morpholine rings is 1. The van der Waals surface area contributed by atoms with Gasteiger partial charge in [0.25, 0.3) is 0 Å². The summed E-state index contributed by atoms with van der Waals surface area (Å²) in [4.78, 5) is 14.4. The highest BCUT2D eigenvalue weighted by molar-refractivity contribution is 5.92. The van der Waals surface area contributed by atoms with E-state index in [9.17, 15) is 22.4 Å². The second-order valence-corrected chi connectivity index (χ2v) is 6.48. The number of carbonyl (C=O) groups excluding carboxylic acids is 1. The molecule has 162 valence electrons. The molecule has 1 heterocycles. The van der Waals surface area contributed by atoms with E-state index >= 15 is 0 Å². The van der Waals surface area contributed by atoms with Crippen LogP contribution in [-0.2, 0) is 9.53 Å². The Hall–Kier alpha value is -2.33. The van der Waals surface area contributed by atoms with E-state index in [0.29, 0.717) is 13.2 Å². The number of nitrogens with one attached hydrogen (secondary N) is 1. The fourth-order valence-corrected chi connectivity index (χ4v) is 2.89. The van der Waals surface area contributed by atoms with Crippen molar-refractivity contribution in [3.05, 3.63) is 29.8 Å². The molecular formula is C19H24F4N2O4. The van der Waals surface area contributed by atoms with Gasteiger partial charge in [0.2, 0.25) is 5.91 Å². The van der Waals surface area contributed by atoms with Gasteiger partial charge in [0, 0.05) is 42.9 Å². The van der Waals surface area contributed by atoms with Crippen LogP contribution in [0.2, 0.25) is 0 Å². The molecule has 2 atom stereocenters. The lowest BCUT2D eigenvalue weighted by molar-refractivity contribution is -0.117. The molecule has 0 aliphatic carbocycles. The van der Waals surface area contributed by atoms with Crippen molar-refractivity contribution < 1.29 is 36.6 Å². The third-order valence-corrected chi connectivity index (χ3v) is 4.56. The minimum absolute atomic E-state index is 0.0831. The zero-order valence-electron chi connectivity index (χ0n) is 16.1. The van der Waals surface area contributed by atoms with Gasteiger partial charge in [-0.2, -0.15) is 17.6 Å². The van der Waals surface area contributed by atoms with Crippen molar-refractivity contribution in [3.63, 3.8) is 0 Å². The topological polar surface area (TPSA) is 60.0 Å². The summed E-state index contributed by atoms with van der Waals surface area (Å²) < 4.78 is 63.6. The monoisotopic (exact) mass is 420 g/mol. The average Bonchev–Trinajstić information content (AvgIpc) is 2.66. The first-order valence-electron chi connectivity index (χ1n) is 9.10. The molecule has 0 spiro atoms. The maximum Gasteiger partial charge on any atom is 0.387 e. The molecule has 6 nitrogen and oxygen atoms in total. The molecule has 29 heavy (non-hydrogen) atoms. The summed E-state index contributed by atoms with van der Waals surface area (Å²) in [7, 11) is 0. The second-order valence-electron chi connectivity index (χ2n) is 6.48. The van der Waals surface area contributed by atoms with Crippen molar-refractivity contribution in [2.45, 2.75) is 39.2 Å². The number of halogens is 4. The number of rotatable bonds is 9. The Labute approximate surface area is 166 Å². The van der Waals surface area contributed by atoms with E-state index in [0.717, 1.165) is 19.2 Å². The lowest BCUT2D eigenvalue weighted by atomic mass is 10.1. The van der Waals surface area contributed by atoms with Gasteiger partial charge in [-0.15, -0.1) is 0 Å². The summed E-state index contributed by atoms with van der Waals surface area (Å²) in [5.41, 5.74) is 0.121. The summed E-state index contributed by atoms with van der Waals surface area (Å²) >= 11 is 0. The molecule has 2 rings (SSSR count). The fraction of sp³-hybridized carbons (Fsp3) is 0.526. The van der Waals surface area contributed by atoms with E-state index in [1.165, 1.54) is 24.3 Å². The minimum Gasteiger partial charge on any atom is -0.435 e. The molecule has 1 saturated heterocycles. The lowest BCUT2D eigenvalue weighted by Gasteiger charge is -2.35. The van der Waals surface area contributed by atoms with Gasteiger partial charge in [0.15, 0.2) is 0 Å². The molecule has 0 saturated carbocycles. The zero-order chi connectivity index (χ0) is 21.4. The molecule has 1 N–H and O–H groups in total. The molecule has 1 fully saturated rings. The maximum absolute atomic E-state index is 12.6. The van der Waals surface area contributed by atoms with Gasteiger partial charge in [0.05, 0.1) is 13.2 Å². The zero-order valence-corrected chi connectivity index (χ0v) is 16.1. The molecule has 1 aliphatic heterocycles. The van der Waals surface area contributed by atoms with Crippen molar-refractivity contribution >= 4 is 12.0 Å². The van der Waals surface area contributed by atoms with Gasteiger partial charge in [-0.3, -0.25) is 9.69 Å². The third-order valence-electron chi connectivity index (χ3n) is 4.56. The largest absolute Gasteiger partial charge is 0.435 e. The van der Waals surface area contributed by atoms with E-state index < -0.39 is 19.1 Å². The molecule has 2 unspecified atom stereocenters. The van der Waals surface area contributed by atoms with Crippen LogP contribution in [0, 0.1) is 0 Å². The Morgan fingerprint density at radius 3 is 2.41 bits per heavy atom. The molecule has 0 bridgehead atoms. The SMILES string of the molecule is CC(NC(=O)/C=C/c1ccc(OC(F)F)cc1OC(F)F)C(C)N1CCOCC1. The van der Waals surface area contributed by atoms with Gasteiger partial charge in [-0.05, 0) is 32.1 Å². The molecule has 0 radical (unpaired) electrons. The van der Waals surface area contributed by atoms with E-state index in [1.807, 2.05) is 13.8 Å². The van der Waals surface area contributed by atoms with Crippen LogP contribution in [0.4, 0.5) is 17.6 Å². The Kier molecular flexibility index (Phi) is 8.71. The Balaban J connectivity index is 2.01. The van der Waals surface area contributed by atoms with Crippen LogP contribution in [0.5, 0.6) is 11.5 Å². The standard InChI is InChI=1S/C19H24F4N2O4/c1-12(13(2)25-7-9-27-10-8-25)24-17(26)6-4-14-3-5-15(28-18(20)21)11-16(14)29-19(22)23/h3-6,11-13,18-19H,7-10H2,1-2H3,(H,24,26)/b6-4+. The van der Waals surface area contributed by atoms with Gasteiger partial charge in [-0.25, -0.2) is 0 Å². The molecule has 0 aromatic heterocycles. The molecule has 1 aromatic rings. The van der Waals surface area contributed by atoms with Gasteiger partial charge in [-0.1, -0.05) is 0 Å². The normalized spacial score (nSPS) is 17.5. The van der Waals surface area contributed by atoms with Crippen LogP contribution >= 0.6 is 0 Å². The summed E-state index contributed by atoms with van der Waals surface area (Å²) in [5, 5.41) is 2.82. The lowest BCUT2D eigenvalue weighted by Crippen LogP contribution is -2.51. The summed E-state index contributed by atoms with van der Waals surface area (Å²) in [6.07, 6.45) is 2.44. The molecule has 10 heteroatoms. The highest BCUT2D eigenvalue weighted by atomic mass is 19.3. The fourth-order valence-electron chi connectivity index (χ4n) is 2.89. The number of ether oxygens (including phenoxy) is 3. The smallest absolute Gasteiger partial charge is 0.387 e. The van der Waals surface area contributed by atoms with Crippen LogP contribution in [0.15, 0.2) is 24.3 Å². The Bertz CT molecular complexity index is 697. The van der Waals surface area contributed by atoms with Gasteiger partial charge < -0.3 is 19.5 Å². The first kappa shape index (κ1) is 23.0. The Morgan fingerprint density at radius 2 is 1.79 bits per heavy atom. The first-order valence-corrected chi connectivity index (χ1v) is 9.10. The maximum atomic E-state index is 12.6. The van der Waals surface area contributed by atoms with Crippen molar-refractivity contribution in [2.24, 2.45) is 0 Å². The van der Waals surface area contributed by atoms with Crippen LogP contribution in [-0.4, -0.2) is 62.4 Å². The van der Waals surface area contributed by atoms with Crippen LogP contribution < -0.4 is 14.8 Å². The number of nitrogens with zero attached hydrogens (tertiary/aromatic N) is 1. The van der Waals surface area contributed by atoms with E-state index in [-0.39, 0.29) is 29.1 Å². The quantitative estimate of drug-likeness (QED) is 0.491. The third kappa shape index (κ3) is 7.54. The van der Waals surface area contributed by atoms with Crippen LogP contribution in [0.1, 0.15) is 19.4 Å². The predicted molar refractivity (Wildman–Crippen MR) is 98.2 cm³/mol. The highest BCUT2D eigenvalue weighted by Gasteiger charge is 2.22. The van der Waals surface area contributed by atoms with Gasteiger partial charge in [0.1, 0.15) is 11.5 Å². The van der Waals surface area contributed by atoms with Crippen LogP contribution in [0.3, 0.4) is 0 Å². The number of hydrogen-bond donors (Lipinski definition) is 1. The minimum atomic E-state index is -3.16.